The predicted molar refractivity (Wildman–Crippen MR) is 84.8 cm³/mol. The number of thiophene rings is 1. The molecule has 0 saturated heterocycles. The molecule has 0 saturated carbocycles. The Balaban J connectivity index is 2.09. The molecule has 0 aliphatic carbocycles. The minimum Gasteiger partial charge on any atom is -0.480 e. The first-order valence-electron chi connectivity index (χ1n) is 6.99. The molecule has 2 aromatic heterocycles. The van der Waals surface area contributed by atoms with Gasteiger partial charge in [0, 0.05) is 0 Å². The Morgan fingerprint density at radius 2 is 2.09 bits per heavy atom. The highest BCUT2D eigenvalue weighted by Gasteiger charge is 2.22. The third-order valence-corrected chi connectivity index (χ3v) is 3.89. The summed E-state index contributed by atoms with van der Waals surface area (Å²) in [5.74, 6) is -1.98. The average molecular weight is 336 g/mol. The number of carbonyl (C=O) groups is 3. The van der Waals surface area contributed by atoms with Crippen molar-refractivity contribution in [3.8, 4) is 0 Å². The highest BCUT2D eigenvalue weighted by Crippen LogP contribution is 2.24. The summed E-state index contributed by atoms with van der Waals surface area (Å²) in [5, 5.41) is 16.1. The molecule has 0 aromatic carbocycles. The molecule has 2 aromatic rings. The Bertz CT molecular complexity index is 693. The molecule has 1 atom stereocenters. The normalized spacial score (nSPS) is 11.7. The van der Waals surface area contributed by atoms with E-state index in [0.717, 1.165) is 0 Å². The lowest BCUT2D eigenvalue weighted by molar-refractivity contribution is -0.139. The molecule has 0 aliphatic rings. The Labute approximate surface area is 136 Å². The lowest BCUT2D eigenvalue weighted by Gasteiger charge is -2.13. The van der Waals surface area contributed by atoms with E-state index in [4.69, 9.17) is 9.52 Å². The maximum atomic E-state index is 12.2. The van der Waals surface area contributed by atoms with Gasteiger partial charge in [-0.2, -0.15) is 0 Å². The smallest absolute Gasteiger partial charge is 0.326 e. The van der Waals surface area contributed by atoms with Crippen molar-refractivity contribution < 1.29 is 23.9 Å². The topological polar surface area (TPSA) is 109 Å². The number of amides is 2. The molecule has 0 spiro atoms. The van der Waals surface area contributed by atoms with Gasteiger partial charge in [0.05, 0.1) is 11.8 Å². The van der Waals surface area contributed by atoms with Crippen LogP contribution < -0.4 is 10.6 Å². The largest absolute Gasteiger partial charge is 0.480 e. The van der Waals surface area contributed by atoms with Gasteiger partial charge in [-0.1, -0.05) is 13.3 Å². The first kappa shape index (κ1) is 16.8. The molecule has 0 bridgehead atoms. The zero-order valence-corrected chi connectivity index (χ0v) is 13.2. The Morgan fingerprint density at radius 1 is 1.30 bits per heavy atom. The Kier molecular flexibility index (Phi) is 5.53. The molecular formula is C15H16N2O5S. The number of aliphatic carboxylic acids is 1. The van der Waals surface area contributed by atoms with Crippen LogP contribution in [0.2, 0.25) is 0 Å². The average Bonchev–Trinajstić information content (AvgIpc) is 3.17. The van der Waals surface area contributed by atoms with E-state index in [1.165, 1.54) is 29.7 Å². The van der Waals surface area contributed by atoms with Gasteiger partial charge < -0.3 is 20.2 Å². The SMILES string of the molecule is CCCC(NC(=O)c1ccsc1NC(=O)c1ccco1)C(=O)O. The molecule has 122 valence electrons. The number of nitrogens with one attached hydrogen (secondary N) is 2. The van der Waals surface area contributed by atoms with Gasteiger partial charge in [0.2, 0.25) is 0 Å². The highest BCUT2D eigenvalue weighted by atomic mass is 32.1. The number of anilines is 1. The molecular weight excluding hydrogens is 320 g/mol. The fraction of sp³-hybridized carbons (Fsp3) is 0.267. The van der Waals surface area contributed by atoms with E-state index < -0.39 is 23.8 Å². The van der Waals surface area contributed by atoms with Crippen molar-refractivity contribution in [1.29, 1.82) is 0 Å². The van der Waals surface area contributed by atoms with Gasteiger partial charge in [-0.3, -0.25) is 9.59 Å². The maximum absolute atomic E-state index is 12.2. The van der Waals surface area contributed by atoms with Crippen LogP contribution in [-0.2, 0) is 4.79 Å². The molecule has 0 radical (unpaired) electrons. The van der Waals surface area contributed by atoms with E-state index in [-0.39, 0.29) is 11.3 Å². The van der Waals surface area contributed by atoms with Gasteiger partial charge in [-0.05, 0) is 30.0 Å². The molecule has 23 heavy (non-hydrogen) atoms. The number of carboxylic acids is 1. The fourth-order valence-electron chi connectivity index (χ4n) is 1.94. The second-order valence-corrected chi connectivity index (χ2v) is 5.66. The second-order valence-electron chi connectivity index (χ2n) is 4.75. The van der Waals surface area contributed by atoms with Crippen LogP contribution in [0, 0.1) is 0 Å². The van der Waals surface area contributed by atoms with E-state index in [1.807, 2.05) is 6.92 Å². The van der Waals surface area contributed by atoms with Gasteiger partial charge in [-0.15, -0.1) is 11.3 Å². The number of hydrogen-bond donors (Lipinski definition) is 3. The van der Waals surface area contributed by atoms with Crippen molar-refractivity contribution in [2.24, 2.45) is 0 Å². The zero-order chi connectivity index (χ0) is 16.8. The summed E-state index contributed by atoms with van der Waals surface area (Å²) in [6.07, 6.45) is 2.33. The molecule has 8 heteroatoms. The molecule has 0 fully saturated rings. The van der Waals surface area contributed by atoms with Crippen molar-refractivity contribution in [2.45, 2.75) is 25.8 Å². The van der Waals surface area contributed by atoms with Gasteiger partial charge in [0.15, 0.2) is 5.76 Å². The van der Waals surface area contributed by atoms with Crippen LogP contribution in [0.15, 0.2) is 34.3 Å². The van der Waals surface area contributed by atoms with Gasteiger partial charge >= 0.3 is 5.97 Å². The van der Waals surface area contributed by atoms with E-state index in [1.54, 1.807) is 11.4 Å². The van der Waals surface area contributed by atoms with E-state index in [0.29, 0.717) is 17.8 Å². The summed E-state index contributed by atoms with van der Waals surface area (Å²) >= 11 is 1.17. The summed E-state index contributed by atoms with van der Waals surface area (Å²) in [6.45, 7) is 1.84. The van der Waals surface area contributed by atoms with Crippen molar-refractivity contribution in [3.63, 3.8) is 0 Å². The first-order valence-corrected chi connectivity index (χ1v) is 7.87. The third kappa shape index (κ3) is 4.19. The molecule has 2 amide bonds. The first-order chi connectivity index (χ1) is 11.0. The van der Waals surface area contributed by atoms with Gasteiger partial charge in [0.1, 0.15) is 11.0 Å². The highest BCUT2D eigenvalue weighted by molar-refractivity contribution is 7.14. The lowest BCUT2D eigenvalue weighted by atomic mass is 10.1. The van der Waals surface area contributed by atoms with Crippen LogP contribution >= 0.6 is 11.3 Å². The molecule has 0 aliphatic heterocycles. The predicted octanol–water partition coefficient (Wildman–Crippen LogP) is 2.58. The molecule has 7 nitrogen and oxygen atoms in total. The standard InChI is InChI=1S/C15H16N2O5S/c1-2-4-10(15(20)21)16-12(18)9-6-8-23-14(9)17-13(19)11-5-3-7-22-11/h3,5-8,10H,2,4H2,1H3,(H,16,18)(H,17,19)(H,20,21). The van der Waals surface area contributed by atoms with Crippen molar-refractivity contribution in [3.05, 3.63) is 41.2 Å². The molecule has 3 N–H and O–H groups in total. The monoisotopic (exact) mass is 336 g/mol. The summed E-state index contributed by atoms with van der Waals surface area (Å²) in [7, 11) is 0. The van der Waals surface area contributed by atoms with E-state index >= 15 is 0 Å². The number of carboxylic acid groups (broad SMARTS) is 1. The number of carbonyl (C=O) groups excluding carboxylic acids is 2. The third-order valence-electron chi connectivity index (χ3n) is 3.06. The van der Waals surface area contributed by atoms with Crippen molar-refractivity contribution in [1.82, 2.24) is 5.32 Å². The molecule has 1 unspecified atom stereocenters. The van der Waals surface area contributed by atoms with Gasteiger partial charge in [-0.25, -0.2) is 4.79 Å². The van der Waals surface area contributed by atoms with Crippen LogP contribution in [0.25, 0.3) is 0 Å². The molecule has 2 rings (SSSR count). The van der Waals surface area contributed by atoms with Crippen LogP contribution in [0.5, 0.6) is 0 Å². The zero-order valence-electron chi connectivity index (χ0n) is 12.4. The quantitative estimate of drug-likeness (QED) is 0.720. The Morgan fingerprint density at radius 3 is 2.70 bits per heavy atom. The molecule has 2 heterocycles. The summed E-state index contributed by atoms with van der Waals surface area (Å²) in [4.78, 5) is 35.3. The van der Waals surface area contributed by atoms with Crippen LogP contribution in [0.1, 0.15) is 40.7 Å². The minimum atomic E-state index is -1.09. The second kappa shape index (κ2) is 7.59. The fourth-order valence-corrected chi connectivity index (χ4v) is 2.72. The lowest BCUT2D eigenvalue weighted by Crippen LogP contribution is -2.40. The van der Waals surface area contributed by atoms with Crippen molar-refractivity contribution in [2.75, 3.05) is 5.32 Å². The number of hydrogen-bond acceptors (Lipinski definition) is 5. The van der Waals surface area contributed by atoms with Crippen LogP contribution in [0.4, 0.5) is 5.00 Å². The van der Waals surface area contributed by atoms with E-state index in [9.17, 15) is 14.4 Å². The van der Waals surface area contributed by atoms with Crippen molar-refractivity contribution >= 4 is 34.1 Å². The van der Waals surface area contributed by atoms with Gasteiger partial charge in [0.25, 0.3) is 11.8 Å². The summed E-state index contributed by atoms with van der Waals surface area (Å²) in [5.41, 5.74) is 0.220. The number of furan rings is 1. The maximum Gasteiger partial charge on any atom is 0.326 e. The minimum absolute atomic E-state index is 0.124. The summed E-state index contributed by atoms with van der Waals surface area (Å²) < 4.78 is 4.99. The number of rotatable bonds is 7. The van der Waals surface area contributed by atoms with Crippen LogP contribution in [-0.4, -0.2) is 28.9 Å². The Hall–Kier alpha value is -2.61. The van der Waals surface area contributed by atoms with E-state index in [2.05, 4.69) is 10.6 Å². The summed E-state index contributed by atoms with van der Waals surface area (Å²) in [6, 6.07) is 3.66. The van der Waals surface area contributed by atoms with Crippen LogP contribution in [0.3, 0.4) is 0 Å².